The lowest BCUT2D eigenvalue weighted by Crippen LogP contribution is -2.38. The van der Waals surface area contributed by atoms with E-state index in [1.54, 1.807) is 32.9 Å². The Morgan fingerprint density at radius 3 is 2.62 bits per heavy atom. The van der Waals surface area contributed by atoms with Crippen molar-refractivity contribution in [2.75, 3.05) is 0 Å². The van der Waals surface area contributed by atoms with Crippen molar-refractivity contribution in [3.63, 3.8) is 0 Å². The standard InChI is InChI=1S/C20H28ClNO4/c1-13(2)10-20(11-16(20)22-18(24)26-19(3,4)5)17(23)25-12-14-7-6-8-15(21)9-14/h6-9,13,16H,10-12H2,1-5H3,(H,22,24)/t16?,20-/m0/s1. The third-order valence-electron chi connectivity index (χ3n) is 4.20. The van der Waals surface area contributed by atoms with Crippen LogP contribution in [-0.4, -0.2) is 23.7 Å². The van der Waals surface area contributed by atoms with Crippen LogP contribution in [0.4, 0.5) is 4.79 Å². The molecular formula is C20H28ClNO4. The van der Waals surface area contributed by atoms with Gasteiger partial charge in [0.25, 0.3) is 0 Å². The van der Waals surface area contributed by atoms with Gasteiger partial charge in [-0.15, -0.1) is 0 Å². The number of nitrogens with one attached hydrogen (secondary N) is 1. The van der Waals surface area contributed by atoms with E-state index in [-0.39, 0.29) is 18.6 Å². The number of halogens is 1. The third kappa shape index (κ3) is 5.63. The maximum atomic E-state index is 12.8. The first-order valence-corrected chi connectivity index (χ1v) is 9.31. The van der Waals surface area contributed by atoms with Crippen LogP contribution in [0.25, 0.3) is 0 Å². The van der Waals surface area contributed by atoms with Gasteiger partial charge in [-0.25, -0.2) is 4.79 Å². The van der Waals surface area contributed by atoms with Crippen LogP contribution in [-0.2, 0) is 20.9 Å². The van der Waals surface area contributed by atoms with Crippen molar-refractivity contribution in [2.24, 2.45) is 11.3 Å². The summed E-state index contributed by atoms with van der Waals surface area (Å²) in [5.41, 5.74) is -0.418. The Labute approximate surface area is 160 Å². The van der Waals surface area contributed by atoms with Crippen molar-refractivity contribution in [3.05, 3.63) is 34.9 Å². The Bertz CT molecular complexity index is 668. The highest BCUT2D eigenvalue weighted by molar-refractivity contribution is 6.30. The Morgan fingerprint density at radius 2 is 2.04 bits per heavy atom. The molecule has 6 heteroatoms. The minimum absolute atomic E-state index is 0.165. The highest BCUT2D eigenvalue weighted by Crippen LogP contribution is 2.52. The third-order valence-corrected chi connectivity index (χ3v) is 4.44. The summed E-state index contributed by atoms with van der Waals surface area (Å²) in [6.45, 7) is 9.68. The normalized spacial score (nSPS) is 22.0. The van der Waals surface area contributed by atoms with Gasteiger partial charge in [-0.3, -0.25) is 4.79 Å². The van der Waals surface area contributed by atoms with Crippen LogP contribution < -0.4 is 5.32 Å². The number of alkyl carbamates (subject to hydrolysis) is 1. The van der Waals surface area contributed by atoms with Gasteiger partial charge in [0.05, 0.1) is 5.41 Å². The largest absolute Gasteiger partial charge is 0.460 e. The van der Waals surface area contributed by atoms with Crippen molar-refractivity contribution in [2.45, 2.75) is 65.7 Å². The van der Waals surface area contributed by atoms with Crippen LogP contribution in [0.2, 0.25) is 5.02 Å². The fourth-order valence-corrected chi connectivity index (χ4v) is 3.34. The molecule has 0 radical (unpaired) electrons. The second kappa shape index (κ2) is 7.87. The molecule has 1 saturated carbocycles. The molecule has 0 aromatic heterocycles. The number of carbonyl (C=O) groups excluding carboxylic acids is 2. The summed E-state index contributed by atoms with van der Waals surface area (Å²) in [5.74, 6) is 0.0198. The summed E-state index contributed by atoms with van der Waals surface area (Å²) >= 11 is 5.96. The molecule has 5 nitrogen and oxygen atoms in total. The fraction of sp³-hybridized carbons (Fsp3) is 0.600. The van der Waals surface area contributed by atoms with Crippen molar-refractivity contribution < 1.29 is 19.1 Å². The highest BCUT2D eigenvalue weighted by atomic mass is 35.5. The maximum absolute atomic E-state index is 12.8. The molecule has 0 aliphatic heterocycles. The average Bonchev–Trinajstić information content (AvgIpc) is 3.15. The minimum Gasteiger partial charge on any atom is -0.460 e. The Hall–Kier alpha value is -1.75. The van der Waals surface area contributed by atoms with Gasteiger partial charge in [-0.1, -0.05) is 37.6 Å². The van der Waals surface area contributed by atoms with Crippen molar-refractivity contribution >= 4 is 23.7 Å². The second-order valence-electron chi connectivity index (χ2n) is 8.36. The zero-order valence-corrected chi connectivity index (χ0v) is 16.9. The lowest BCUT2D eigenvalue weighted by atomic mass is 9.93. The van der Waals surface area contributed by atoms with Gasteiger partial charge in [-0.2, -0.15) is 0 Å². The lowest BCUT2D eigenvalue weighted by molar-refractivity contribution is -0.152. The molecule has 1 aliphatic rings. The first kappa shape index (κ1) is 20.6. The summed E-state index contributed by atoms with van der Waals surface area (Å²) in [6.07, 6.45) is 0.719. The Kier molecular flexibility index (Phi) is 6.22. The zero-order chi connectivity index (χ0) is 19.5. The van der Waals surface area contributed by atoms with E-state index in [2.05, 4.69) is 19.2 Å². The van der Waals surface area contributed by atoms with Crippen LogP contribution in [0.1, 0.15) is 53.0 Å². The molecule has 1 unspecified atom stereocenters. The number of ether oxygens (including phenoxy) is 2. The molecule has 1 fully saturated rings. The summed E-state index contributed by atoms with van der Waals surface area (Å²) in [7, 11) is 0. The summed E-state index contributed by atoms with van der Waals surface area (Å²) in [4.78, 5) is 24.8. The van der Waals surface area contributed by atoms with E-state index < -0.39 is 17.1 Å². The summed E-state index contributed by atoms with van der Waals surface area (Å²) < 4.78 is 10.8. The smallest absolute Gasteiger partial charge is 0.407 e. The molecule has 0 heterocycles. The molecule has 144 valence electrons. The van der Waals surface area contributed by atoms with Crippen molar-refractivity contribution in [1.82, 2.24) is 5.32 Å². The predicted molar refractivity (Wildman–Crippen MR) is 101 cm³/mol. The van der Waals surface area contributed by atoms with Crippen LogP contribution in [0.5, 0.6) is 0 Å². The minimum atomic E-state index is -0.677. The van der Waals surface area contributed by atoms with Gasteiger partial charge in [0.15, 0.2) is 0 Å². The Balaban J connectivity index is 1.98. The number of esters is 1. The van der Waals surface area contributed by atoms with Gasteiger partial charge in [0, 0.05) is 11.1 Å². The van der Waals surface area contributed by atoms with Crippen molar-refractivity contribution in [1.29, 1.82) is 0 Å². The number of rotatable bonds is 6. The molecule has 1 N–H and O–H groups in total. The van der Waals surface area contributed by atoms with E-state index in [9.17, 15) is 9.59 Å². The molecule has 2 atom stereocenters. The molecule has 0 spiro atoms. The van der Waals surface area contributed by atoms with Crippen LogP contribution in [0, 0.1) is 11.3 Å². The number of benzene rings is 1. The highest BCUT2D eigenvalue weighted by Gasteiger charge is 2.62. The molecule has 1 aromatic carbocycles. The lowest BCUT2D eigenvalue weighted by Gasteiger charge is -2.22. The van der Waals surface area contributed by atoms with E-state index in [1.165, 1.54) is 0 Å². The maximum Gasteiger partial charge on any atom is 0.407 e. The molecule has 1 aliphatic carbocycles. The van der Waals surface area contributed by atoms with E-state index >= 15 is 0 Å². The van der Waals surface area contributed by atoms with E-state index in [1.807, 2.05) is 12.1 Å². The molecule has 1 amide bonds. The number of amides is 1. The number of hydrogen-bond acceptors (Lipinski definition) is 4. The van der Waals surface area contributed by atoms with Gasteiger partial charge >= 0.3 is 12.1 Å². The fourth-order valence-electron chi connectivity index (χ4n) is 3.13. The molecule has 0 bridgehead atoms. The molecular weight excluding hydrogens is 354 g/mol. The quantitative estimate of drug-likeness (QED) is 0.724. The monoisotopic (exact) mass is 381 g/mol. The van der Waals surface area contributed by atoms with Gasteiger partial charge in [0.1, 0.15) is 12.2 Å². The SMILES string of the molecule is CC(C)C[C@]1(C(=O)OCc2cccc(Cl)c2)CC1NC(=O)OC(C)(C)C. The van der Waals surface area contributed by atoms with E-state index in [4.69, 9.17) is 21.1 Å². The topological polar surface area (TPSA) is 64.6 Å². The van der Waals surface area contributed by atoms with Gasteiger partial charge in [-0.05, 0) is 57.2 Å². The molecule has 1 aromatic rings. The van der Waals surface area contributed by atoms with Crippen LogP contribution in [0.15, 0.2) is 24.3 Å². The predicted octanol–water partition coefficient (Wildman–Crippen LogP) is 4.71. The molecule has 26 heavy (non-hydrogen) atoms. The van der Waals surface area contributed by atoms with Crippen LogP contribution >= 0.6 is 11.6 Å². The summed E-state index contributed by atoms with van der Waals surface area (Å²) in [5, 5.41) is 3.41. The van der Waals surface area contributed by atoms with Crippen molar-refractivity contribution in [3.8, 4) is 0 Å². The van der Waals surface area contributed by atoms with E-state index in [0.717, 1.165) is 5.56 Å². The van der Waals surface area contributed by atoms with Gasteiger partial charge in [0.2, 0.25) is 0 Å². The first-order valence-electron chi connectivity index (χ1n) is 8.93. The summed E-state index contributed by atoms with van der Waals surface area (Å²) in [6, 6.07) is 6.96. The molecule has 2 rings (SSSR count). The number of carbonyl (C=O) groups is 2. The van der Waals surface area contributed by atoms with E-state index in [0.29, 0.717) is 23.8 Å². The van der Waals surface area contributed by atoms with Gasteiger partial charge < -0.3 is 14.8 Å². The first-order chi connectivity index (χ1) is 12.0. The number of hydrogen-bond donors (Lipinski definition) is 1. The second-order valence-corrected chi connectivity index (χ2v) is 8.80. The molecule has 0 saturated heterocycles. The van der Waals surface area contributed by atoms with Crippen LogP contribution in [0.3, 0.4) is 0 Å². The Morgan fingerprint density at radius 1 is 1.35 bits per heavy atom. The average molecular weight is 382 g/mol. The zero-order valence-electron chi connectivity index (χ0n) is 16.1.